The maximum Gasteiger partial charge on any atom is 0.411 e. The number of hydrogen-bond donors (Lipinski definition) is 1. The molecule has 2 aromatic heterocycles. The van der Waals surface area contributed by atoms with Crippen LogP contribution in [0.5, 0.6) is 0 Å². The van der Waals surface area contributed by atoms with Crippen molar-refractivity contribution in [2.75, 3.05) is 11.9 Å². The number of alkyl halides is 3. The Bertz CT molecular complexity index is 635. The molecule has 0 aromatic carbocycles. The van der Waals surface area contributed by atoms with E-state index in [4.69, 9.17) is 0 Å². The summed E-state index contributed by atoms with van der Waals surface area (Å²) in [6.07, 6.45) is 1.32. The van der Waals surface area contributed by atoms with Crippen LogP contribution in [0.1, 0.15) is 17.3 Å². The van der Waals surface area contributed by atoms with Gasteiger partial charge >= 0.3 is 6.18 Å². The molecule has 2 heterocycles. The average molecular weight is 317 g/mol. The molecule has 2 rings (SSSR count). The largest absolute Gasteiger partial charge is 0.411 e. The highest BCUT2D eigenvalue weighted by Crippen LogP contribution is 2.15. The van der Waals surface area contributed by atoms with E-state index >= 15 is 0 Å². The molecule has 0 saturated heterocycles. The quantitative estimate of drug-likeness (QED) is 0.883. The van der Waals surface area contributed by atoms with Gasteiger partial charge in [0, 0.05) is 12.7 Å². The van der Waals surface area contributed by atoms with Gasteiger partial charge in [0.1, 0.15) is 13.3 Å². The van der Waals surface area contributed by atoms with Crippen LogP contribution in [0.2, 0.25) is 0 Å². The van der Waals surface area contributed by atoms with Crippen LogP contribution in [0.15, 0.2) is 24.8 Å². The fourth-order valence-corrected chi connectivity index (χ4v) is 1.61. The number of aromatic nitrogens is 4. The second-order valence-electron chi connectivity index (χ2n) is 4.40. The molecule has 0 aliphatic carbocycles. The van der Waals surface area contributed by atoms with Crippen LogP contribution in [-0.4, -0.2) is 38.3 Å². The average Bonchev–Trinajstić information content (AvgIpc) is 3.06. The molecule has 0 saturated carbocycles. The summed E-state index contributed by atoms with van der Waals surface area (Å²) in [5.41, 5.74) is 0.729. The van der Waals surface area contributed by atoms with Gasteiger partial charge in [0.15, 0.2) is 0 Å². The topological polar surface area (TPSA) is 74.0 Å². The van der Waals surface area contributed by atoms with E-state index in [0.29, 0.717) is 17.8 Å². The second-order valence-corrected chi connectivity index (χ2v) is 4.40. The predicted octanol–water partition coefficient (Wildman–Crippen LogP) is 1.89. The van der Waals surface area contributed by atoms with Crippen molar-refractivity contribution in [3.63, 3.8) is 0 Å². The van der Waals surface area contributed by atoms with E-state index in [1.54, 1.807) is 10.9 Å². The highest BCUT2D eigenvalue weighted by atomic mass is 19.4. The molecule has 0 atom stereocenters. The van der Waals surface area contributed by atoms with Crippen LogP contribution in [0, 0.1) is 0 Å². The molecule has 2 aromatic rings. The van der Waals surface area contributed by atoms with Crippen LogP contribution in [0.4, 0.5) is 18.9 Å². The van der Waals surface area contributed by atoms with E-state index in [1.807, 2.05) is 6.92 Å². The number of anilines is 1. The molecule has 0 spiro atoms. The van der Waals surface area contributed by atoms with Crippen LogP contribution in [-0.2, 0) is 18.0 Å². The van der Waals surface area contributed by atoms with Crippen molar-refractivity contribution in [1.29, 1.82) is 0 Å². The Morgan fingerprint density at radius 2 is 2.00 bits per heavy atom. The zero-order valence-electron chi connectivity index (χ0n) is 11.7. The van der Waals surface area contributed by atoms with E-state index in [0.717, 1.165) is 4.68 Å². The molecule has 0 unspecified atom stereocenters. The molecule has 0 aliphatic rings. The van der Waals surface area contributed by atoms with Gasteiger partial charge in [-0.25, -0.2) is 4.68 Å². The number of rotatable bonds is 6. The summed E-state index contributed by atoms with van der Waals surface area (Å²) in [7, 11) is 0. The van der Waals surface area contributed by atoms with E-state index in [1.165, 1.54) is 18.6 Å². The number of nitrogens with zero attached hydrogens (tertiary/aromatic N) is 4. The molecule has 7 nitrogen and oxygen atoms in total. The lowest BCUT2D eigenvalue weighted by Crippen LogP contribution is -2.18. The number of halogens is 3. The van der Waals surface area contributed by atoms with E-state index in [9.17, 15) is 18.0 Å². The standard InChI is InChI=1S/C12H14F3N5O2/c1-2-19-5-9(3-16-19)11(21)18-10-4-17-20(6-10)8-22-7-12(13,14)15/h3-6H,2,7-8H2,1H3,(H,18,21). The van der Waals surface area contributed by atoms with Crippen molar-refractivity contribution in [2.45, 2.75) is 26.4 Å². The summed E-state index contributed by atoms with van der Waals surface area (Å²) in [4.78, 5) is 11.9. The summed E-state index contributed by atoms with van der Waals surface area (Å²) in [6, 6.07) is 0. The number of nitrogens with one attached hydrogen (secondary N) is 1. The Hall–Kier alpha value is -2.36. The van der Waals surface area contributed by atoms with Crippen LogP contribution in [0.3, 0.4) is 0 Å². The first-order chi connectivity index (χ1) is 10.4. The van der Waals surface area contributed by atoms with E-state index < -0.39 is 12.8 Å². The fraction of sp³-hybridized carbons (Fsp3) is 0.417. The van der Waals surface area contributed by atoms with Crippen molar-refractivity contribution in [1.82, 2.24) is 19.6 Å². The number of hydrogen-bond acceptors (Lipinski definition) is 4. The first-order valence-electron chi connectivity index (χ1n) is 6.38. The minimum Gasteiger partial charge on any atom is -0.350 e. The maximum absolute atomic E-state index is 11.9. The third-order valence-electron chi connectivity index (χ3n) is 2.60. The lowest BCUT2D eigenvalue weighted by molar-refractivity contribution is -0.182. The van der Waals surface area contributed by atoms with Crippen LogP contribution in [0.25, 0.3) is 0 Å². The second kappa shape index (κ2) is 6.60. The Morgan fingerprint density at radius 3 is 2.64 bits per heavy atom. The lowest BCUT2D eigenvalue weighted by Gasteiger charge is -2.07. The number of ether oxygens (including phenoxy) is 1. The first kappa shape index (κ1) is 16.0. The van der Waals surface area contributed by atoms with Gasteiger partial charge in [-0.2, -0.15) is 23.4 Å². The van der Waals surface area contributed by atoms with Crippen molar-refractivity contribution in [2.24, 2.45) is 0 Å². The minimum atomic E-state index is -4.39. The SMILES string of the molecule is CCn1cc(C(=O)Nc2cnn(COCC(F)(F)F)c2)cn1. The van der Waals surface area contributed by atoms with Gasteiger partial charge in [0.05, 0.1) is 29.8 Å². The molecule has 10 heteroatoms. The Kier molecular flexibility index (Phi) is 4.81. The molecular weight excluding hydrogens is 303 g/mol. The molecule has 1 N–H and O–H groups in total. The normalized spacial score (nSPS) is 11.6. The maximum atomic E-state index is 11.9. The molecule has 0 aliphatic heterocycles. The van der Waals surface area contributed by atoms with Crippen molar-refractivity contribution < 1.29 is 22.7 Å². The molecular formula is C12H14F3N5O2. The molecule has 1 amide bonds. The third-order valence-corrected chi connectivity index (χ3v) is 2.60. The number of carbonyl (C=O) groups is 1. The predicted molar refractivity (Wildman–Crippen MR) is 70.1 cm³/mol. The summed E-state index contributed by atoms with van der Waals surface area (Å²) >= 11 is 0. The van der Waals surface area contributed by atoms with Crippen molar-refractivity contribution >= 4 is 11.6 Å². The van der Waals surface area contributed by atoms with Gasteiger partial charge in [0.2, 0.25) is 0 Å². The fourth-order valence-electron chi connectivity index (χ4n) is 1.61. The van der Waals surface area contributed by atoms with Crippen LogP contribution >= 0.6 is 0 Å². The Balaban J connectivity index is 1.87. The van der Waals surface area contributed by atoms with Crippen LogP contribution < -0.4 is 5.32 Å². The summed E-state index contributed by atoms with van der Waals surface area (Å²) < 4.78 is 43.0. The van der Waals surface area contributed by atoms with Gasteiger partial charge in [0.25, 0.3) is 5.91 Å². The number of aryl methyl sites for hydroxylation is 1. The van der Waals surface area contributed by atoms with Gasteiger partial charge < -0.3 is 10.1 Å². The Morgan fingerprint density at radius 1 is 1.27 bits per heavy atom. The van der Waals surface area contributed by atoms with Gasteiger partial charge in [-0.05, 0) is 6.92 Å². The molecule has 0 radical (unpaired) electrons. The summed E-state index contributed by atoms with van der Waals surface area (Å²) in [5, 5.41) is 10.3. The summed E-state index contributed by atoms with van der Waals surface area (Å²) in [5.74, 6) is -0.379. The highest BCUT2D eigenvalue weighted by molar-refractivity contribution is 6.03. The molecule has 22 heavy (non-hydrogen) atoms. The van der Waals surface area contributed by atoms with Gasteiger partial charge in [-0.1, -0.05) is 0 Å². The smallest absolute Gasteiger partial charge is 0.350 e. The highest BCUT2D eigenvalue weighted by Gasteiger charge is 2.27. The first-order valence-corrected chi connectivity index (χ1v) is 6.38. The molecule has 120 valence electrons. The van der Waals surface area contributed by atoms with E-state index in [-0.39, 0.29) is 12.6 Å². The third kappa shape index (κ3) is 4.58. The van der Waals surface area contributed by atoms with E-state index in [2.05, 4.69) is 20.3 Å². The van der Waals surface area contributed by atoms with Gasteiger partial charge in [-0.3, -0.25) is 9.48 Å². The number of amides is 1. The minimum absolute atomic E-state index is 0.352. The Labute approximate surface area is 123 Å². The molecule has 0 bridgehead atoms. The number of carbonyl (C=O) groups excluding carboxylic acids is 1. The zero-order chi connectivity index (χ0) is 16.2. The lowest BCUT2D eigenvalue weighted by atomic mass is 10.3. The summed E-state index contributed by atoms with van der Waals surface area (Å²) in [6.45, 7) is 0.815. The zero-order valence-corrected chi connectivity index (χ0v) is 11.7. The van der Waals surface area contributed by atoms with Crippen molar-refractivity contribution in [3.05, 3.63) is 30.4 Å². The monoisotopic (exact) mass is 317 g/mol. The van der Waals surface area contributed by atoms with Crippen molar-refractivity contribution in [3.8, 4) is 0 Å². The van der Waals surface area contributed by atoms with Gasteiger partial charge in [-0.15, -0.1) is 0 Å². The molecule has 0 fully saturated rings.